The zero-order chi connectivity index (χ0) is 12.6. The summed E-state index contributed by atoms with van der Waals surface area (Å²) in [5, 5.41) is 8.61. The summed E-state index contributed by atoms with van der Waals surface area (Å²) in [7, 11) is 0. The Morgan fingerprint density at radius 1 is 1.29 bits per heavy atom. The molecule has 0 fully saturated rings. The molecule has 88 valence electrons. The summed E-state index contributed by atoms with van der Waals surface area (Å²) in [6.07, 6.45) is 0.648. The molecule has 1 aliphatic heterocycles. The first-order chi connectivity index (χ1) is 8.00. The lowest BCUT2D eigenvalue weighted by atomic mass is 10.1. The Morgan fingerprint density at radius 3 is 2.59 bits per heavy atom. The van der Waals surface area contributed by atoms with Gasteiger partial charge in [-0.05, 0) is 30.2 Å². The highest BCUT2D eigenvalue weighted by Gasteiger charge is 2.24. The molecular formula is C12H11NO4. The molecule has 0 saturated carbocycles. The highest BCUT2D eigenvalue weighted by molar-refractivity contribution is 6.39. The second-order valence-electron chi connectivity index (χ2n) is 3.90. The molecule has 1 aromatic carbocycles. The number of carbonyl (C=O) groups is 3. The Bertz CT molecular complexity index is 521. The summed E-state index contributed by atoms with van der Waals surface area (Å²) in [5.74, 6) is -2.44. The van der Waals surface area contributed by atoms with Crippen LogP contribution in [-0.2, 0) is 16.0 Å². The van der Waals surface area contributed by atoms with Gasteiger partial charge < -0.3 is 10.0 Å². The van der Waals surface area contributed by atoms with E-state index in [1.165, 1.54) is 13.0 Å². The third-order valence-corrected chi connectivity index (χ3v) is 2.81. The van der Waals surface area contributed by atoms with E-state index in [1.54, 1.807) is 17.0 Å². The van der Waals surface area contributed by atoms with Crippen LogP contribution in [-0.4, -0.2) is 29.3 Å². The number of rotatable bonds is 2. The van der Waals surface area contributed by atoms with Crippen LogP contribution in [0.3, 0.4) is 0 Å². The lowest BCUT2D eigenvalue weighted by Gasteiger charge is -2.14. The number of nitrogens with zero attached hydrogens (tertiary/aromatic N) is 1. The van der Waals surface area contributed by atoms with E-state index in [0.29, 0.717) is 13.0 Å². The van der Waals surface area contributed by atoms with Gasteiger partial charge in [0.1, 0.15) is 0 Å². The molecule has 1 aromatic rings. The van der Waals surface area contributed by atoms with Crippen molar-refractivity contribution in [2.45, 2.75) is 13.3 Å². The van der Waals surface area contributed by atoms with Gasteiger partial charge in [0.2, 0.25) is 5.91 Å². The third kappa shape index (κ3) is 1.91. The summed E-state index contributed by atoms with van der Waals surface area (Å²) in [6.45, 7) is 2.06. The smallest absolute Gasteiger partial charge is 0.377 e. The standard InChI is InChI=1S/C12H11NO4/c1-7(14)13-5-4-8-6-9(2-3-10(8)13)11(15)12(16)17/h2-3,6H,4-5H2,1H3,(H,16,17). The number of hydrogen-bond donors (Lipinski definition) is 1. The number of amides is 1. The maximum atomic E-state index is 11.3. The molecule has 0 spiro atoms. The average molecular weight is 233 g/mol. The van der Waals surface area contributed by atoms with Gasteiger partial charge in [-0.2, -0.15) is 0 Å². The predicted octanol–water partition coefficient (Wildman–Crippen LogP) is 0.863. The largest absolute Gasteiger partial charge is 0.475 e. The van der Waals surface area contributed by atoms with Gasteiger partial charge in [0.15, 0.2) is 0 Å². The predicted molar refractivity (Wildman–Crippen MR) is 60.1 cm³/mol. The van der Waals surface area contributed by atoms with E-state index < -0.39 is 11.8 Å². The van der Waals surface area contributed by atoms with Gasteiger partial charge in [0.05, 0.1) is 0 Å². The quantitative estimate of drug-likeness (QED) is 0.607. The van der Waals surface area contributed by atoms with Gasteiger partial charge in [-0.15, -0.1) is 0 Å². The first kappa shape index (κ1) is 11.3. The topological polar surface area (TPSA) is 74.7 Å². The van der Waals surface area contributed by atoms with Crippen molar-refractivity contribution in [2.75, 3.05) is 11.4 Å². The van der Waals surface area contributed by atoms with Crippen LogP contribution in [0.25, 0.3) is 0 Å². The zero-order valence-corrected chi connectivity index (χ0v) is 9.27. The number of aliphatic carboxylic acids is 1. The van der Waals surface area contributed by atoms with Crippen molar-refractivity contribution in [3.63, 3.8) is 0 Å². The summed E-state index contributed by atoms with van der Waals surface area (Å²) in [5.41, 5.74) is 1.76. The minimum absolute atomic E-state index is 0.0546. The van der Waals surface area contributed by atoms with Crippen LogP contribution >= 0.6 is 0 Å². The Morgan fingerprint density at radius 2 is 2.00 bits per heavy atom. The third-order valence-electron chi connectivity index (χ3n) is 2.81. The van der Waals surface area contributed by atoms with Gasteiger partial charge >= 0.3 is 5.97 Å². The van der Waals surface area contributed by atoms with Crippen molar-refractivity contribution in [3.05, 3.63) is 29.3 Å². The molecule has 1 N–H and O–H groups in total. The summed E-state index contributed by atoms with van der Waals surface area (Å²) < 4.78 is 0. The normalized spacial score (nSPS) is 13.4. The number of Topliss-reactive ketones (excluding diaryl/α,β-unsaturated/α-hetero) is 1. The highest BCUT2D eigenvalue weighted by Crippen LogP contribution is 2.28. The van der Waals surface area contributed by atoms with Gasteiger partial charge in [0.25, 0.3) is 5.78 Å². The van der Waals surface area contributed by atoms with Crippen LogP contribution in [0, 0.1) is 0 Å². The van der Waals surface area contributed by atoms with Crippen molar-refractivity contribution in [1.82, 2.24) is 0 Å². The fourth-order valence-electron chi connectivity index (χ4n) is 1.99. The van der Waals surface area contributed by atoms with Crippen LogP contribution in [0.4, 0.5) is 5.69 Å². The molecule has 0 aromatic heterocycles. The molecule has 1 heterocycles. The van der Waals surface area contributed by atoms with E-state index in [-0.39, 0.29) is 11.5 Å². The SMILES string of the molecule is CC(=O)N1CCc2cc(C(=O)C(=O)O)ccc21. The summed E-state index contributed by atoms with van der Waals surface area (Å²) >= 11 is 0. The van der Waals surface area contributed by atoms with Crippen LogP contribution in [0.1, 0.15) is 22.8 Å². The highest BCUT2D eigenvalue weighted by atomic mass is 16.4. The number of carboxylic acid groups (broad SMARTS) is 1. The monoisotopic (exact) mass is 233 g/mol. The average Bonchev–Trinajstić information content (AvgIpc) is 2.70. The van der Waals surface area contributed by atoms with Gasteiger partial charge in [-0.25, -0.2) is 4.79 Å². The Kier molecular flexibility index (Phi) is 2.67. The molecule has 0 saturated heterocycles. The maximum Gasteiger partial charge on any atom is 0.377 e. The van der Waals surface area contributed by atoms with Crippen LogP contribution in [0.5, 0.6) is 0 Å². The van der Waals surface area contributed by atoms with Gasteiger partial charge in [0, 0.05) is 24.7 Å². The van der Waals surface area contributed by atoms with Crippen molar-refractivity contribution in [1.29, 1.82) is 0 Å². The van der Waals surface area contributed by atoms with Gasteiger partial charge in [-0.1, -0.05) is 0 Å². The molecule has 0 aliphatic carbocycles. The molecule has 1 amide bonds. The molecular weight excluding hydrogens is 222 g/mol. The molecule has 2 rings (SSSR count). The molecule has 17 heavy (non-hydrogen) atoms. The first-order valence-corrected chi connectivity index (χ1v) is 5.19. The number of anilines is 1. The second-order valence-corrected chi connectivity index (χ2v) is 3.90. The molecule has 0 atom stereocenters. The van der Waals surface area contributed by atoms with Crippen molar-refractivity contribution >= 4 is 23.3 Å². The van der Waals surface area contributed by atoms with Crippen LogP contribution in [0.15, 0.2) is 18.2 Å². The van der Waals surface area contributed by atoms with Crippen LogP contribution < -0.4 is 4.90 Å². The fraction of sp³-hybridized carbons (Fsp3) is 0.250. The Hall–Kier alpha value is -2.17. The van der Waals surface area contributed by atoms with E-state index in [1.807, 2.05) is 0 Å². The molecule has 1 aliphatic rings. The van der Waals surface area contributed by atoms with E-state index in [4.69, 9.17) is 5.11 Å². The van der Waals surface area contributed by atoms with E-state index in [2.05, 4.69) is 0 Å². The summed E-state index contributed by atoms with van der Waals surface area (Å²) in [4.78, 5) is 34.8. The number of fused-ring (bicyclic) bond motifs is 1. The fourth-order valence-corrected chi connectivity index (χ4v) is 1.99. The number of carbonyl (C=O) groups excluding carboxylic acids is 2. The number of carboxylic acids is 1. The second kappa shape index (κ2) is 4.01. The number of hydrogen-bond acceptors (Lipinski definition) is 3. The maximum absolute atomic E-state index is 11.3. The Labute approximate surface area is 97.7 Å². The number of benzene rings is 1. The lowest BCUT2D eigenvalue weighted by Crippen LogP contribution is -2.25. The zero-order valence-electron chi connectivity index (χ0n) is 9.27. The van der Waals surface area contributed by atoms with Crippen molar-refractivity contribution in [2.24, 2.45) is 0 Å². The minimum atomic E-state index is -1.47. The molecule has 0 bridgehead atoms. The van der Waals surface area contributed by atoms with E-state index in [9.17, 15) is 14.4 Å². The summed E-state index contributed by atoms with van der Waals surface area (Å²) in [6, 6.07) is 4.62. The van der Waals surface area contributed by atoms with Crippen molar-refractivity contribution < 1.29 is 19.5 Å². The van der Waals surface area contributed by atoms with Crippen molar-refractivity contribution in [3.8, 4) is 0 Å². The molecule has 0 unspecified atom stereocenters. The lowest BCUT2D eigenvalue weighted by molar-refractivity contribution is -0.131. The van der Waals surface area contributed by atoms with Crippen LogP contribution in [0.2, 0.25) is 0 Å². The number of ketones is 1. The molecule has 5 heteroatoms. The van der Waals surface area contributed by atoms with Gasteiger partial charge in [-0.3, -0.25) is 9.59 Å². The minimum Gasteiger partial charge on any atom is -0.475 e. The van der Waals surface area contributed by atoms with E-state index >= 15 is 0 Å². The molecule has 0 radical (unpaired) electrons. The van der Waals surface area contributed by atoms with E-state index in [0.717, 1.165) is 11.3 Å². The first-order valence-electron chi connectivity index (χ1n) is 5.19. The Balaban J connectivity index is 2.38. The molecule has 5 nitrogen and oxygen atoms in total.